The molecule has 0 nitrogen and oxygen atoms in total. The maximum Gasteiger partial charge on any atom is 0.0885 e. The van der Waals surface area contributed by atoms with Gasteiger partial charge in [0.2, 0.25) is 0 Å². The number of hydrogen-bond acceptors (Lipinski definition) is 1. The summed E-state index contributed by atoms with van der Waals surface area (Å²) < 4.78 is 0. The third-order valence-electron chi connectivity index (χ3n) is 12.9. The van der Waals surface area contributed by atoms with E-state index in [1.54, 1.807) is 0 Å². The van der Waals surface area contributed by atoms with Crippen LogP contribution < -0.4 is 0 Å². The molecule has 0 fully saturated rings. The molecule has 0 aliphatic rings. The van der Waals surface area contributed by atoms with Crippen molar-refractivity contribution in [2.24, 2.45) is 0 Å². The fourth-order valence-electron chi connectivity index (χ4n) is 9.63. The molecule has 0 amide bonds. The third-order valence-corrected chi connectivity index (χ3v) is 17.6. The van der Waals surface area contributed by atoms with Gasteiger partial charge < -0.3 is 0 Å². The molecule has 6 aromatic rings. The second kappa shape index (κ2) is 20.9. The topological polar surface area (TPSA) is 0 Å². The summed E-state index contributed by atoms with van der Waals surface area (Å²) in [5.74, 6) is 3.17. The second-order valence-corrected chi connectivity index (χ2v) is 24.8. The Hall–Kier alpha value is -3.89. The highest BCUT2D eigenvalue weighted by Gasteiger charge is 2.26. The van der Waals surface area contributed by atoms with Crippen molar-refractivity contribution in [3.05, 3.63) is 154 Å². The quantitative estimate of drug-likeness (QED) is 0.104. The van der Waals surface area contributed by atoms with Gasteiger partial charge in [0.25, 0.3) is 0 Å². The van der Waals surface area contributed by atoms with Crippen LogP contribution in [-0.2, 0) is 0 Å². The first-order valence-corrected chi connectivity index (χ1v) is 27.9. The molecule has 0 spiro atoms. The van der Waals surface area contributed by atoms with Crippen LogP contribution in [0.15, 0.2) is 119 Å². The minimum Gasteiger partial charge on any atom is -0.127 e. The van der Waals surface area contributed by atoms with Gasteiger partial charge in [-0.15, -0.1) is 10.6 Å². The van der Waals surface area contributed by atoms with Gasteiger partial charge in [-0.2, -0.15) is 0 Å². The van der Waals surface area contributed by atoms with Crippen molar-refractivity contribution in [1.82, 2.24) is 0 Å². The molecule has 0 bridgehead atoms. The summed E-state index contributed by atoms with van der Waals surface area (Å²) in [4.78, 5) is 2.81. The first kappa shape index (κ1) is 48.6. The molecule has 6 rings (SSSR count). The Bertz CT molecular complexity index is 2360. The molecule has 0 aliphatic heterocycles. The van der Waals surface area contributed by atoms with Crippen molar-refractivity contribution < 1.29 is 0 Å². The largest absolute Gasteiger partial charge is 0.127 e. The molecule has 3 heteroatoms. The van der Waals surface area contributed by atoms with Crippen LogP contribution in [-0.4, -0.2) is 7.17 Å². The Morgan fingerprint density at radius 1 is 0.270 bits per heavy atom. The molecule has 6 aromatic carbocycles. The van der Waals surface area contributed by atoms with Crippen molar-refractivity contribution in [3.8, 4) is 44.5 Å². The smallest absolute Gasteiger partial charge is 0.0885 e. The highest BCUT2D eigenvalue weighted by atomic mass is 32.4. The highest BCUT2D eigenvalue weighted by molar-refractivity contribution is 8.30. The van der Waals surface area contributed by atoms with Crippen LogP contribution in [0.25, 0.3) is 44.5 Å². The van der Waals surface area contributed by atoms with E-state index in [4.69, 9.17) is 0 Å². The van der Waals surface area contributed by atoms with Gasteiger partial charge in [0.05, 0.1) is 7.17 Å². The van der Waals surface area contributed by atoms with E-state index < -0.39 is 0 Å². The maximum absolute atomic E-state index is 2.43. The predicted molar refractivity (Wildman–Crippen MR) is 285 cm³/mol. The average molecular weight is 887 g/mol. The Balaban J connectivity index is 1.77. The molecule has 0 heterocycles. The predicted octanol–water partition coefficient (Wildman–Crippen LogP) is 19.8. The standard InChI is InChI=1S/C60H74S2Si/c1-35(2)43-23-17-24-44(36(3)4)55(43)51-31-21-32-52(56-45(37(5)6)25-18-26-46(56)38(7)8)59(51)61-63-62-60-53(57-47(39(9)10)27-19-28-48(57)40(11)12)33-22-34-54(60)58-49(41(13)14)29-20-30-50(58)42(15)16/h17-42H,1-16H3. The Morgan fingerprint density at radius 2 is 0.460 bits per heavy atom. The summed E-state index contributed by atoms with van der Waals surface area (Å²) in [6.45, 7) is 37.8. The zero-order chi connectivity index (χ0) is 45.9. The Kier molecular flexibility index (Phi) is 16.1. The molecular weight excluding hydrogens is 813 g/mol. The lowest BCUT2D eigenvalue weighted by molar-refractivity contribution is 0.835. The van der Waals surface area contributed by atoms with Gasteiger partial charge in [-0.05, 0) is 125 Å². The molecule has 330 valence electrons. The van der Waals surface area contributed by atoms with E-state index in [1.165, 1.54) is 98.8 Å². The van der Waals surface area contributed by atoms with E-state index in [2.05, 4.69) is 242 Å². The summed E-state index contributed by atoms with van der Waals surface area (Å²) in [5, 5.41) is 0. The van der Waals surface area contributed by atoms with Crippen LogP contribution >= 0.6 is 21.8 Å². The van der Waals surface area contributed by atoms with E-state index in [9.17, 15) is 0 Å². The fraction of sp³-hybridized carbons (Fsp3) is 0.400. The molecule has 0 saturated carbocycles. The van der Waals surface area contributed by atoms with Gasteiger partial charge in [-0.1, -0.05) is 231 Å². The van der Waals surface area contributed by atoms with Crippen LogP contribution in [0, 0.1) is 0 Å². The monoisotopic (exact) mass is 887 g/mol. The van der Waals surface area contributed by atoms with Crippen LogP contribution in [0.1, 0.15) is 203 Å². The maximum atomic E-state index is 2.43. The summed E-state index contributed by atoms with van der Waals surface area (Å²) in [7, 11) is 2.60. The lowest BCUT2D eigenvalue weighted by atomic mass is 9.82. The summed E-state index contributed by atoms with van der Waals surface area (Å²) in [6, 6.07) is 42.6. The van der Waals surface area contributed by atoms with Crippen molar-refractivity contribution in [1.29, 1.82) is 0 Å². The first-order valence-electron chi connectivity index (χ1n) is 23.8. The summed E-state index contributed by atoms with van der Waals surface area (Å²) >= 11 is 2.08. The third kappa shape index (κ3) is 10.2. The van der Waals surface area contributed by atoms with Gasteiger partial charge in [-0.25, -0.2) is 0 Å². The molecular formula is C60H74S2Si. The minimum absolute atomic E-state index is 0.396. The second-order valence-electron chi connectivity index (χ2n) is 20.1. The highest BCUT2D eigenvalue weighted by Crippen LogP contribution is 2.49. The van der Waals surface area contributed by atoms with E-state index in [-0.39, 0.29) is 0 Å². The Morgan fingerprint density at radius 3 is 0.667 bits per heavy atom. The number of benzene rings is 6. The molecule has 0 saturated heterocycles. The van der Waals surface area contributed by atoms with Crippen molar-refractivity contribution >= 4 is 28.9 Å². The van der Waals surface area contributed by atoms with Crippen LogP contribution in [0.3, 0.4) is 0 Å². The van der Waals surface area contributed by atoms with Crippen LogP contribution in [0.5, 0.6) is 0 Å². The van der Waals surface area contributed by atoms with E-state index in [1.807, 2.05) is 0 Å². The van der Waals surface area contributed by atoms with E-state index in [0.717, 1.165) is 0 Å². The lowest BCUT2D eigenvalue weighted by Gasteiger charge is -2.25. The lowest BCUT2D eigenvalue weighted by Crippen LogP contribution is -2.04. The minimum atomic E-state index is 0.396. The molecule has 63 heavy (non-hydrogen) atoms. The normalized spacial score (nSPS) is 12.0. The molecule has 0 unspecified atom stereocenters. The van der Waals surface area contributed by atoms with Gasteiger partial charge in [0.15, 0.2) is 0 Å². The molecule has 0 aliphatic carbocycles. The summed E-state index contributed by atoms with van der Waals surface area (Å²) in [5.41, 5.74) is 22.7. The molecule has 0 radical (unpaired) electrons. The zero-order valence-corrected chi connectivity index (χ0v) is 44.0. The zero-order valence-electron chi connectivity index (χ0n) is 41.3. The van der Waals surface area contributed by atoms with Crippen LogP contribution in [0.4, 0.5) is 0 Å². The van der Waals surface area contributed by atoms with Gasteiger partial charge in [0.1, 0.15) is 0 Å². The average Bonchev–Trinajstić information content (AvgIpc) is 3.25. The van der Waals surface area contributed by atoms with Crippen LogP contribution in [0.2, 0.25) is 0 Å². The first-order chi connectivity index (χ1) is 30.0. The molecule has 0 N–H and O–H groups in total. The van der Waals surface area contributed by atoms with Gasteiger partial charge in [0, 0.05) is 20.9 Å². The van der Waals surface area contributed by atoms with E-state index >= 15 is 0 Å². The summed E-state index contributed by atoms with van der Waals surface area (Å²) in [6.07, 6.45) is 0. The van der Waals surface area contributed by atoms with E-state index in [0.29, 0.717) is 54.5 Å². The van der Waals surface area contributed by atoms with Crippen molar-refractivity contribution in [2.75, 3.05) is 0 Å². The van der Waals surface area contributed by atoms with Gasteiger partial charge >= 0.3 is 0 Å². The molecule has 0 atom stereocenters. The molecule has 0 aromatic heterocycles. The van der Waals surface area contributed by atoms with Crippen molar-refractivity contribution in [2.45, 2.75) is 168 Å². The number of rotatable bonds is 13. The Labute approximate surface area is 392 Å². The number of hydrogen-bond donors (Lipinski definition) is 0. The SMILES string of the molecule is CC(C)c1cccc(C(C)C)c1-c1cccc(-c2c(C(C)C)cccc2C(C)C)c1S[Si]#Sc1c(-c2c(C(C)C)cccc2C(C)C)cccc1-c1c(C(C)C)cccc1C(C)C. The van der Waals surface area contributed by atoms with Crippen molar-refractivity contribution in [3.63, 3.8) is 0 Å². The van der Waals surface area contributed by atoms with Gasteiger partial charge in [-0.3, -0.25) is 0 Å². The fourth-order valence-corrected chi connectivity index (χ4v) is 14.8.